The number of likely N-dealkylation sites (N-methyl/N-ethyl adjacent to an activating group) is 1. The molecular formula is C23H22ClNO5. The SMILES string of the molecule is CCOc1cc(/C=C/C(=O)c2cc3ccccc3o2)cc(Cl)c1OCC(=O)N(C)C. The molecule has 0 fully saturated rings. The lowest BCUT2D eigenvalue weighted by Gasteiger charge is -2.16. The average molecular weight is 428 g/mol. The molecule has 0 saturated heterocycles. The molecule has 30 heavy (non-hydrogen) atoms. The van der Waals surface area contributed by atoms with Crippen LogP contribution in [0.3, 0.4) is 0 Å². The van der Waals surface area contributed by atoms with Gasteiger partial charge >= 0.3 is 0 Å². The van der Waals surface area contributed by atoms with Crippen LogP contribution in [0.25, 0.3) is 17.0 Å². The van der Waals surface area contributed by atoms with E-state index in [1.165, 1.54) is 11.0 Å². The minimum Gasteiger partial charge on any atom is -0.490 e. The van der Waals surface area contributed by atoms with Crippen molar-refractivity contribution in [3.05, 3.63) is 64.9 Å². The predicted molar refractivity (Wildman–Crippen MR) is 116 cm³/mol. The Hall–Kier alpha value is -3.25. The van der Waals surface area contributed by atoms with E-state index in [1.54, 1.807) is 38.4 Å². The molecule has 156 valence electrons. The largest absolute Gasteiger partial charge is 0.490 e. The highest BCUT2D eigenvalue weighted by atomic mass is 35.5. The summed E-state index contributed by atoms with van der Waals surface area (Å²) >= 11 is 6.35. The molecule has 0 bridgehead atoms. The first-order valence-corrected chi connectivity index (χ1v) is 9.77. The molecule has 2 aromatic carbocycles. The highest BCUT2D eigenvalue weighted by molar-refractivity contribution is 6.32. The fraction of sp³-hybridized carbons (Fsp3) is 0.217. The Morgan fingerprint density at radius 1 is 1.13 bits per heavy atom. The zero-order valence-electron chi connectivity index (χ0n) is 17.0. The highest BCUT2D eigenvalue weighted by Crippen LogP contribution is 2.37. The molecule has 1 aromatic heterocycles. The van der Waals surface area contributed by atoms with Crippen molar-refractivity contribution < 1.29 is 23.5 Å². The van der Waals surface area contributed by atoms with Gasteiger partial charge in [-0.1, -0.05) is 35.9 Å². The summed E-state index contributed by atoms with van der Waals surface area (Å²) in [6.07, 6.45) is 3.04. The molecule has 3 aromatic rings. The number of ether oxygens (including phenoxy) is 2. The van der Waals surface area contributed by atoms with Crippen LogP contribution in [-0.4, -0.2) is 43.9 Å². The molecule has 3 rings (SSSR count). The maximum absolute atomic E-state index is 12.5. The van der Waals surface area contributed by atoms with Crippen LogP contribution in [0.4, 0.5) is 0 Å². The number of allylic oxidation sites excluding steroid dienone is 1. The summed E-state index contributed by atoms with van der Waals surface area (Å²) < 4.78 is 16.8. The minimum absolute atomic E-state index is 0.160. The van der Waals surface area contributed by atoms with E-state index in [0.29, 0.717) is 23.5 Å². The molecule has 0 aliphatic carbocycles. The maximum atomic E-state index is 12.5. The minimum atomic E-state index is -0.266. The van der Waals surface area contributed by atoms with Crippen LogP contribution in [0.1, 0.15) is 23.0 Å². The second-order valence-electron chi connectivity index (χ2n) is 6.69. The number of rotatable bonds is 8. The number of benzene rings is 2. The molecule has 0 radical (unpaired) electrons. The average Bonchev–Trinajstić information content (AvgIpc) is 3.15. The monoisotopic (exact) mass is 427 g/mol. The highest BCUT2D eigenvalue weighted by Gasteiger charge is 2.15. The predicted octanol–water partition coefficient (Wildman–Crippen LogP) is 4.85. The van der Waals surface area contributed by atoms with Crippen molar-refractivity contribution in [2.75, 3.05) is 27.3 Å². The van der Waals surface area contributed by atoms with Crippen molar-refractivity contribution in [3.8, 4) is 11.5 Å². The van der Waals surface area contributed by atoms with Crippen molar-refractivity contribution in [1.82, 2.24) is 4.90 Å². The van der Waals surface area contributed by atoms with Crippen molar-refractivity contribution in [1.29, 1.82) is 0 Å². The van der Waals surface area contributed by atoms with Gasteiger partial charge in [-0.3, -0.25) is 9.59 Å². The molecule has 0 unspecified atom stereocenters. The Bertz CT molecular complexity index is 1070. The topological polar surface area (TPSA) is 69.0 Å². The van der Waals surface area contributed by atoms with E-state index in [2.05, 4.69) is 0 Å². The standard InChI is InChI=1S/C23H22ClNO5/c1-4-28-21-12-15(11-17(24)23(21)29-14-22(27)25(2)3)9-10-18(26)20-13-16-7-5-6-8-19(16)30-20/h5-13H,4,14H2,1-3H3/b10-9+. The molecule has 1 heterocycles. The van der Waals surface area contributed by atoms with Gasteiger partial charge in [-0.05, 0) is 42.8 Å². The third kappa shape index (κ3) is 5.02. The summed E-state index contributed by atoms with van der Waals surface area (Å²) in [6, 6.07) is 12.5. The summed E-state index contributed by atoms with van der Waals surface area (Å²) in [4.78, 5) is 25.7. The third-order valence-corrected chi connectivity index (χ3v) is 4.55. The Morgan fingerprint density at radius 3 is 2.60 bits per heavy atom. The van der Waals surface area contributed by atoms with Gasteiger partial charge in [-0.2, -0.15) is 0 Å². The molecule has 0 atom stereocenters. The Labute approximate surface area is 179 Å². The summed E-state index contributed by atoms with van der Waals surface area (Å²) in [5, 5.41) is 1.15. The molecule has 0 spiro atoms. The molecule has 0 N–H and O–H groups in total. The van der Waals surface area contributed by atoms with Gasteiger partial charge in [0.05, 0.1) is 11.6 Å². The first-order chi connectivity index (χ1) is 14.4. The number of hydrogen-bond acceptors (Lipinski definition) is 5. The quantitative estimate of drug-likeness (QED) is 0.379. The van der Waals surface area contributed by atoms with Gasteiger partial charge in [0, 0.05) is 19.5 Å². The van der Waals surface area contributed by atoms with Gasteiger partial charge in [0.2, 0.25) is 5.78 Å². The van der Waals surface area contributed by atoms with Crippen LogP contribution in [0.2, 0.25) is 5.02 Å². The number of carbonyl (C=O) groups excluding carboxylic acids is 2. The second-order valence-corrected chi connectivity index (χ2v) is 7.09. The summed E-state index contributed by atoms with van der Waals surface area (Å²) in [5.74, 6) is 0.471. The zero-order chi connectivity index (χ0) is 21.7. The normalized spacial score (nSPS) is 11.1. The molecule has 1 amide bonds. The number of fused-ring (bicyclic) bond motifs is 1. The van der Waals surface area contributed by atoms with E-state index in [1.807, 2.05) is 31.2 Å². The fourth-order valence-corrected chi connectivity index (χ4v) is 2.98. The number of furan rings is 1. The molecule has 7 heteroatoms. The third-order valence-electron chi connectivity index (χ3n) is 4.27. The van der Waals surface area contributed by atoms with E-state index < -0.39 is 0 Å². The summed E-state index contributed by atoms with van der Waals surface area (Å²) in [7, 11) is 3.29. The van der Waals surface area contributed by atoms with Gasteiger partial charge in [-0.25, -0.2) is 0 Å². The fourth-order valence-electron chi connectivity index (χ4n) is 2.71. The molecule has 0 aliphatic heterocycles. The maximum Gasteiger partial charge on any atom is 0.259 e. The van der Waals surface area contributed by atoms with Gasteiger partial charge in [-0.15, -0.1) is 0 Å². The van der Waals surface area contributed by atoms with Crippen molar-refractivity contribution in [2.45, 2.75) is 6.92 Å². The van der Waals surface area contributed by atoms with Gasteiger partial charge in [0.15, 0.2) is 23.9 Å². The van der Waals surface area contributed by atoms with Crippen molar-refractivity contribution in [3.63, 3.8) is 0 Å². The first kappa shape index (κ1) is 21.5. The molecular weight excluding hydrogens is 406 g/mol. The van der Waals surface area contributed by atoms with E-state index in [0.717, 1.165) is 5.39 Å². The Balaban J connectivity index is 1.81. The second kappa shape index (κ2) is 9.50. The van der Waals surface area contributed by atoms with E-state index in [-0.39, 0.29) is 34.8 Å². The van der Waals surface area contributed by atoms with Crippen molar-refractivity contribution >= 4 is 40.3 Å². The van der Waals surface area contributed by atoms with E-state index in [9.17, 15) is 9.59 Å². The lowest BCUT2D eigenvalue weighted by Crippen LogP contribution is -2.27. The van der Waals surface area contributed by atoms with Crippen LogP contribution in [0.15, 0.2) is 53.0 Å². The Kier molecular flexibility index (Phi) is 6.79. The van der Waals surface area contributed by atoms with Gasteiger partial charge in [0.25, 0.3) is 5.91 Å². The Morgan fingerprint density at radius 2 is 1.90 bits per heavy atom. The van der Waals surface area contributed by atoms with Crippen LogP contribution >= 0.6 is 11.6 Å². The lowest BCUT2D eigenvalue weighted by atomic mass is 10.1. The van der Waals surface area contributed by atoms with Crippen LogP contribution in [0, 0.1) is 0 Å². The van der Waals surface area contributed by atoms with Crippen LogP contribution in [-0.2, 0) is 4.79 Å². The number of ketones is 1. The number of hydrogen-bond donors (Lipinski definition) is 0. The van der Waals surface area contributed by atoms with Gasteiger partial charge in [0.1, 0.15) is 5.58 Å². The van der Waals surface area contributed by atoms with E-state index in [4.69, 9.17) is 25.5 Å². The number of amides is 1. The number of carbonyl (C=O) groups is 2. The summed E-state index contributed by atoms with van der Waals surface area (Å²) in [5.41, 5.74) is 1.31. The van der Waals surface area contributed by atoms with Crippen molar-refractivity contribution in [2.24, 2.45) is 0 Å². The first-order valence-electron chi connectivity index (χ1n) is 9.39. The lowest BCUT2D eigenvalue weighted by molar-refractivity contribution is -0.130. The molecule has 6 nitrogen and oxygen atoms in total. The number of para-hydroxylation sites is 1. The number of halogens is 1. The molecule has 0 aliphatic rings. The summed E-state index contributed by atoms with van der Waals surface area (Å²) in [6.45, 7) is 2.06. The van der Waals surface area contributed by atoms with Crippen LogP contribution < -0.4 is 9.47 Å². The van der Waals surface area contributed by atoms with E-state index >= 15 is 0 Å². The van der Waals surface area contributed by atoms with Crippen LogP contribution in [0.5, 0.6) is 11.5 Å². The van der Waals surface area contributed by atoms with Gasteiger partial charge < -0.3 is 18.8 Å². The molecule has 0 saturated carbocycles. The smallest absolute Gasteiger partial charge is 0.259 e. The number of nitrogens with zero attached hydrogens (tertiary/aromatic N) is 1. The zero-order valence-corrected chi connectivity index (χ0v) is 17.7.